The predicted molar refractivity (Wildman–Crippen MR) is 9.01 cm³/mol. The predicted octanol–water partition coefficient (Wildman–Crippen LogP) is -1.55. The Morgan fingerprint density at radius 1 is 2.00 bits per heavy atom. The molecule has 0 spiro atoms. The highest BCUT2D eigenvalue weighted by Crippen LogP contribution is 1.11. The third-order valence-electron chi connectivity index (χ3n) is 0.0430. The Morgan fingerprint density at radius 2 is 2.25 bits per heavy atom. The first-order chi connectivity index (χ1) is 1.91. The minimum atomic E-state index is -0.0694. The summed E-state index contributed by atoms with van der Waals surface area (Å²) in [5.74, 6) is 0. The highest BCUT2D eigenvalue weighted by Gasteiger charge is 1.44. The zero-order chi connectivity index (χ0) is 3.41. The standard InChI is InChI=1S/H3NO3/c2-1-4-3/h3H,1H2. The zero-order valence-electron chi connectivity index (χ0n) is 1.84. The third-order valence-corrected chi connectivity index (χ3v) is 0.0430. The van der Waals surface area contributed by atoms with E-state index in [2.05, 4.69) is 4.99 Å². The van der Waals surface area contributed by atoms with Gasteiger partial charge in [0.25, 0.3) is 0 Å². The second-order valence-electron chi connectivity index (χ2n) is 0.202. The summed E-state index contributed by atoms with van der Waals surface area (Å²) in [5, 5.41) is 15.7. The van der Waals surface area contributed by atoms with E-state index >= 15 is 0 Å². The summed E-state index contributed by atoms with van der Waals surface area (Å²) >= 11 is 0. The Kier molecular flexibility index (Phi) is 2.73. The van der Waals surface area contributed by atoms with Crippen molar-refractivity contribution >= 4 is 0 Å². The van der Waals surface area contributed by atoms with Crippen LogP contribution in [0.5, 0.6) is 0 Å². The minimum Gasteiger partial charge on any atom is -0.599 e. The lowest BCUT2D eigenvalue weighted by Crippen LogP contribution is -2.75. The van der Waals surface area contributed by atoms with Gasteiger partial charge in [0.15, 0.2) is 0 Å². The van der Waals surface area contributed by atoms with Gasteiger partial charge < -0.3 is 5.21 Å². The number of hydrogen-bond acceptors (Lipinski definition) is 3. The lowest BCUT2D eigenvalue weighted by molar-refractivity contribution is -0.926. The van der Waals surface area contributed by atoms with Gasteiger partial charge in [-0.15, -0.1) is 0 Å². The van der Waals surface area contributed by atoms with Crippen LogP contribution in [0.1, 0.15) is 0 Å². The molecule has 0 fully saturated rings. The molecule has 0 aliphatic carbocycles. The van der Waals surface area contributed by atoms with Gasteiger partial charge in [-0.1, -0.05) is 0 Å². The van der Waals surface area contributed by atoms with Crippen molar-refractivity contribution in [1.82, 2.24) is 0 Å². The van der Waals surface area contributed by atoms with E-state index in [0.717, 1.165) is 0 Å². The molecule has 0 radical (unpaired) electrons. The molecule has 0 saturated heterocycles. The van der Waals surface area contributed by atoms with Gasteiger partial charge in [0, 0.05) is 0 Å². The average molecular weight is 65.0 g/mol. The van der Waals surface area contributed by atoms with Crippen LogP contribution >= 0.6 is 0 Å². The van der Waals surface area contributed by atoms with Crippen LogP contribution in [0.2, 0.25) is 0 Å². The molecule has 0 aromatic heterocycles. The van der Waals surface area contributed by atoms with Crippen LogP contribution in [0.4, 0.5) is 0 Å². The topological polar surface area (TPSA) is 69.1 Å². The zero-order valence-corrected chi connectivity index (χ0v) is 1.84. The second-order valence-corrected chi connectivity index (χ2v) is 0.202. The van der Waals surface area contributed by atoms with Gasteiger partial charge in [0.1, 0.15) is 0 Å². The van der Waals surface area contributed by atoms with E-state index in [9.17, 15) is 0 Å². The first kappa shape index (κ1) is 3.84. The van der Waals surface area contributed by atoms with Gasteiger partial charge in [-0.05, 0) is 4.99 Å². The minimum absolute atomic E-state index is 0.0694. The Morgan fingerprint density at radius 3 is 2.25 bits per heavy atom. The van der Waals surface area contributed by atoms with Gasteiger partial charge in [0.05, 0.1) is 0 Å². The summed E-state index contributed by atoms with van der Waals surface area (Å²) in [4.78, 5) is 2.86. The molecular weight excluding hydrogens is 62.0 g/mol. The van der Waals surface area contributed by atoms with E-state index in [0.29, 0.717) is 0 Å². The van der Waals surface area contributed by atoms with Crippen molar-refractivity contribution in [2.24, 2.45) is 0 Å². The Bertz CT molecular complexity index is 5.25. The molecule has 0 aliphatic rings. The second kappa shape index (κ2) is 2.84. The molecule has 26 valence electrons. The molecule has 0 unspecified atom stereocenters. The normalized spacial score (nSPS) is 7.50. The van der Waals surface area contributed by atoms with Crippen LogP contribution in [0, 0.1) is 5.21 Å². The van der Waals surface area contributed by atoms with E-state index in [1.54, 1.807) is 0 Å². The molecule has 0 aromatic carbocycles. The van der Waals surface area contributed by atoms with Crippen molar-refractivity contribution < 1.29 is 15.9 Å². The lowest BCUT2D eigenvalue weighted by atomic mass is 13.2. The van der Waals surface area contributed by atoms with Crippen molar-refractivity contribution in [3.63, 3.8) is 0 Å². The maximum atomic E-state index is 8.70. The number of hydrogen-bond donors (Lipinski definition) is 2. The molecule has 3 N–H and O–H groups in total. The van der Waals surface area contributed by atoms with Crippen molar-refractivity contribution in [2.75, 3.05) is 0 Å². The average Bonchev–Trinajstić information content (AvgIpc) is 1.37. The lowest BCUT2D eigenvalue weighted by Gasteiger charge is -1.84. The fraction of sp³-hybridized carbons (Fsp3) is 0. The van der Waals surface area contributed by atoms with E-state index in [1.807, 2.05) is 0 Å². The molecule has 0 atom stereocenters. The quantitative estimate of drug-likeness (QED) is 0.287. The summed E-state index contributed by atoms with van der Waals surface area (Å²) in [6.45, 7) is 0. The Hall–Kier alpha value is -0.160. The summed E-state index contributed by atoms with van der Waals surface area (Å²) in [5.41, 5.74) is -0.0694. The van der Waals surface area contributed by atoms with Crippen LogP contribution in [0.25, 0.3) is 0 Å². The maximum Gasteiger partial charge on any atom is -0.0388 e. The number of rotatable bonds is 1. The van der Waals surface area contributed by atoms with E-state index in [1.165, 1.54) is 0 Å². The molecule has 4 nitrogen and oxygen atoms in total. The van der Waals surface area contributed by atoms with Crippen molar-refractivity contribution in [2.45, 2.75) is 0 Å². The van der Waals surface area contributed by atoms with Gasteiger partial charge in [-0.25, -0.2) is 10.9 Å². The summed E-state index contributed by atoms with van der Waals surface area (Å²) in [6.07, 6.45) is 0. The van der Waals surface area contributed by atoms with Crippen LogP contribution in [0.15, 0.2) is 0 Å². The highest BCUT2D eigenvalue weighted by molar-refractivity contribution is 3.68. The first-order valence-electron chi connectivity index (χ1n) is 0.654. The first-order valence-corrected chi connectivity index (χ1v) is 0.654. The summed E-state index contributed by atoms with van der Waals surface area (Å²) < 4.78 is 0. The van der Waals surface area contributed by atoms with Crippen molar-refractivity contribution in [1.29, 1.82) is 0 Å². The Labute approximate surface area is 22.5 Å². The molecule has 4 heavy (non-hydrogen) atoms. The molecule has 0 aromatic rings. The van der Waals surface area contributed by atoms with Crippen LogP contribution in [0.3, 0.4) is 0 Å². The van der Waals surface area contributed by atoms with Crippen LogP contribution in [-0.2, 0) is 4.99 Å². The molecular formula is H3NO3. The maximum absolute atomic E-state index is 8.70. The molecule has 0 rings (SSSR count). The number of quaternary nitrogens is 1. The molecule has 0 heterocycles. The highest BCUT2D eigenvalue weighted by atomic mass is 17.2. The monoisotopic (exact) mass is 65.0 g/mol. The largest absolute Gasteiger partial charge is 0.599 e. The molecule has 0 saturated carbocycles. The van der Waals surface area contributed by atoms with E-state index in [4.69, 9.17) is 10.5 Å². The van der Waals surface area contributed by atoms with Crippen molar-refractivity contribution in [3.05, 3.63) is 5.21 Å². The molecule has 0 amide bonds. The fourth-order valence-electron chi connectivity index (χ4n) is 0. The fourth-order valence-corrected chi connectivity index (χ4v) is 0. The Balaban J connectivity index is 1.97. The van der Waals surface area contributed by atoms with Gasteiger partial charge in [-0.3, -0.25) is 0 Å². The smallest absolute Gasteiger partial charge is 0.0388 e. The van der Waals surface area contributed by atoms with Crippen LogP contribution < -0.4 is 5.64 Å². The van der Waals surface area contributed by atoms with Gasteiger partial charge in [-0.2, -0.15) is 0 Å². The summed E-state index contributed by atoms with van der Waals surface area (Å²) in [7, 11) is 0. The SMILES string of the molecule is [O-][NH2+]OO. The summed E-state index contributed by atoms with van der Waals surface area (Å²) in [6, 6.07) is 0. The van der Waals surface area contributed by atoms with E-state index < -0.39 is 0 Å². The van der Waals surface area contributed by atoms with Gasteiger partial charge >= 0.3 is 0 Å². The molecule has 0 bridgehead atoms. The molecule has 4 heteroatoms. The molecule has 0 aliphatic heterocycles. The van der Waals surface area contributed by atoms with E-state index in [-0.39, 0.29) is 5.64 Å². The van der Waals surface area contributed by atoms with Gasteiger partial charge in [0.2, 0.25) is 0 Å². The number of nitrogens with two attached hydrogens (primary N) is 1. The van der Waals surface area contributed by atoms with Crippen molar-refractivity contribution in [3.8, 4) is 0 Å². The van der Waals surface area contributed by atoms with Crippen LogP contribution in [-0.4, -0.2) is 5.26 Å². The third kappa shape index (κ3) is 1.84.